The Bertz CT molecular complexity index is 1080. The molecule has 2 unspecified atom stereocenters. The Labute approximate surface area is 149 Å². The zero-order valence-electron chi connectivity index (χ0n) is 14.4. The average Bonchev–Trinajstić information content (AvgIpc) is 2.66. The van der Waals surface area contributed by atoms with E-state index >= 15 is 0 Å². The van der Waals surface area contributed by atoms with Gasteiger partial charge in [0, 0.05) is 6.54 Å². The third-order valence-electron chi connectivity index (χ3n) is 5.16. The molecule has 4 rings (SSSR count). The summed E-state index contributed by atoms with van der Waals surface area (Å²) in [4.78, 5) is 40.0. The van der Waals surface area contributed by atoms with Crippen molar-refractivity contribution in [3.63, 3.8) is 0 Å². The molecule has 1 saturated heterocycles. The SMILES string of the molecule is Cc1nc2cc3ccccc3cc2c(=O)n1C1CCC(C(=O)C=O)NC1. The van der Waals surface area contributed by atoms with Gasteiger partial charge in [0.15, 0.2) is 6.29 Å². The monoisotopic (exact) mass is 349 g/mol. The zero-order chi connectivity index (χ0) is 18.3. The highest BCUT2D eigenvalue weighted by Gasteiger charge is 2.27. The molecule has 26 heavy (non-hydrogen) atoms. The summed E-state index contributed by atoms with van der Waals surface area (Å²) in [6.45, 7) is 2.30. The van der Waals surface area contributed by atoms with Crippen LogP contribution in [0.3, 0.4) is 0 Å². The highest BCUT2D eigenvalue weighted by molar-refractivity contribution is 6.27. The summed E-state index contributed by atoms with van der Waals surface area (Å²) in [5.74, 6) is 0.223. The molecule has 6 nitrogen and oxygen atoms in total. The first-order chi connectivity index (χ1) is 12.6. The van der Waals surface area contributed by atoms with Gasteiger partial charge in [-0.1, -0.05) is 24.3 Å². The first kappa shape index (κ1) is 16.6. The van der Waals surface area contributed by atoms with Crippen LogP contribution in [0.15, 0.2) is 41.2 Å². The number of carbonyl (C=O) groups excluding carboxylic acids is 2. The van der Waals surface area contributed by atoms with Crippen molar-refractivity contribution in [3.05, 3.63) is 52.6 Å². The topological polar surface area (TPSA) is 81.1 Å². The maximum atomic E-state index is 13.1. The molecule has 2 atom stereocenters. The molecule has 0 radical (unpaired) electrons. The van der Waals surface area contributed by atoms with Gasteiger partial charge in [-0.15, -0.1) is 0 Å². The first-order valence-electron chi connectivity index (χ1n) is 8.72. The van der Waals surface area contributed by atoms with E-state index in [2.05, 4.69) is 10.3 Å². The summed E-state index contributed by atoms with van der Waals surface area (Å²) >= 11 is 0. The van der Waals surface area contributed by atoms with Crippen molar-refractivity contribution < 1.29 is 9.59 Å². The largest absolute Gasteiger partial charge is 0.305 e. The summed E-state index contributed by atoms with van der Waals surface area (Å²) in [6.07, 6.45) is 1.54. The molecule has 132 valence electrons. The van der Waals surface area contributed by atoms with Crippen molar-refractivity contribution >= 4 is 33.7 Å². The van der Waals surface area contributed by atoms with Crippen LogP contribution in [0, 0.1) is 6.92 Å². The second-order valence-corrected chi connectivity index (χ2v) is 6.76. The number of aryl methyl sites for hydroxylation is 1. The van der Waals surface area contributed by atoms with E-state index in [0.717, 1.165) is 10.8 Å². The second kappa shape index (κ2) is 6.46. The van der Waals surface area contributed by atoms with E-state index in [-0.39, 0.29) is 11.6 Å². The number of nitrogens with zero attached hydrogens (tertiary/aromatic N) is 2. The van der Waals surface area contributed by atoms with Crippen LogP contribution in [0.2, 0.25) is 0 Å². The molecular formula is C20H19N3O3. The van der Waals surface area contributed by atoms with Crippen molar-refractivity contribution in [2.45, 2.75) is 31.8 Å². The van der Waals surface area contributed by atoms with Crippen LogP contribution in [0.1, 0.15) is 24.7 Å². The number of ketones is 1. The van der Waals surface area contributed by atoms with E-state index in [0.29, 0.717) is 42.4 Å². The summed E-state index contributed by atoms with van der Waals surface area (Å²) in [5.41, 5.74) is 0.630. The molecule has 1 N–H and O–H groups in total. The third kappa shape index (κ3) is 2.72. The van der Waals surface area contributed by atoms with Crippen molar-refractivity contribution in [1.29, 1.82) is 0 Å². The predicted molar refractivity (Wildman–Crippen MR) is 99.4 cm³/mol. The molecule has 1 fully saturated rings. The summed E-state index contributed by atoms with van der Waals surface area (Å²) in [5, 5.41) is 5.74. The van der Waals surface area contributed by atoms with Gasteiger partial charge in [0.25, 0.3) is 5.56 Å². The Morgan fingerprint density at radius 1 is 1.23 bits per heavy atom. The first-order valence-corrected chi connectivity index (χ1v) is 8.72. The van der Waals surface area contributed by atoms with Crippen LogP contribution in [0.4, 0.5) is 0 Å². The lowest BCUT2D eigenvalue weighted by atomic mass is 9.97. The minimum atomic E-state index is -0.447. The molecule has 3 aromatic rings. The van der Waals surface area contributed by atoms with Gasteiger partial charge >= 0.3 is 0 Å². The Hall–Kier alpha value is -2.86. The maximum Gasteiger partial charge on any atom is 0.261 e. The van der Waals surface area contributed by atoms with Crippen LogP contribution in [-0.2, 0) is 9.59 Å². The Balaban J connectivity index is 1.76. The second-order valence-electron chi connectivity index (χ2n) is 6.76. The summed E-state index contributed by atoms with van der Waals surface area (Å²) < 4.78 is 1.71. The Morgan fingerprint density at radius 2 is 1.96 bits per heavy atom. The fourth-order valence-corrected chi connectivity index (χ4v) is 3.81. The fraction of sp³-hybridized carbons (Fsp3) is 0.300. The van der Waals surface area contributed by atoms with Crippen LogP contribution in [0.25, 0.3) is 21.7 Å². The number of hydrogen-bond acceptors (Lipinski definition) is 5. The predicted octanol–water partition coefficient (Wildman–Crippen LogP) is 1.92. The number of fused-ring (bicyclic) bond motifs is 2. The molecule has 6 heteroatoms. The lowest BCUT2D eigenvalue weighted by Gasteiger charge is -2.30. The number of hydrogen-bond donors (Lipinski definition) is 1. The third-order valence-corrected chi connectivity index (χ3v) is 5.16. The van der Waals surface area contributed by atoms with Gasteiger partial charge in [-0.2, -0.15) is 0 Å². The molecule has 2 aromatic carbocycles. The summed E-state index contributed by atoms with van der Waals surface area (Å²) in [7, 11) is 0. The van der Waals surface area contributed by atoms with E-state index in [1.165, 1.54) is 0 Å². The van der Waals surface area contributed by atoms with Gasteiger partial charge in [0.05, 0.1) is 23.0 Å². The molecular weight excluding hydrogens is 330 g/mol. The van der Waals surface area contributed by atoms with Crippen molar-refractivity contribution in [1.82, 2.24) is 14.9 Å². The fourth-order valence-electron chi connectivity index (χ4n) is 3.81. The number of rotatable bonds is 3. The van der Waals surface area contributed by atoms with Gasteiger partial charge in [-0.05, 0) is 42.7 Å². The summed E-state index contributed by atoms with van der Waals surface area (Å²) in [6, 6.07) is 11.2. The zero-order valence-corrected chi connectivity index (χ0v) is 14.4. The van der Waals surface area contributed by atoms with Crippen LogP contribution in [-0.4, -0.2) is 34.2 Å². The van der Waals surface area contributed by atoms with E-state index in [4.69, 9.17) is 0 Å². The van der Waals surface area contributed by atoms with Gasteiger partial charge < -0.3 is 5.32 Å². The van der Waals surface area contributed by atoms with Gasteiger partial charge in [0.2, 0.25) is 5.78 Å². The average molecular weight is 349 g/mol. The van der Waals surface area contributed by atoms with Crippen molar-refractivity contribution in [2.75, 3.05) is 6.54 Å². The molecule has 2 heterocycles. The Kier molecular flexibility index (Phi) is 4.12. The Morgan fingerprint density at radius 3 is 2.62 bits per heavy atom. The molecule has 1 aliphatic rings. The lowest BCUT2D eigenvalue weighted by Crippen LogP contribution is -2.47. The highest BCUT2D eigenvalue weighted by atomic mass is 16.2. The quantitative estimate of drug-likeness (QED) is 0.444. The van der Waals surface area contributed by atoms with Crippen molar-refractivity contribution in [3.8, 4) is 0 Å². The van der Waals surface area contributed by atoms with Gasteiger partial charge in [-0.3, -0.25) is 19.0 Å². The maximum absolute atomic E-state index is 13.1. The van der Waals surface area contributed by atoms with E-state index in [1.54, 1.807) is 4.57 Å². The number of piperidine rings is 1. The molecule has 0 bridgehead atoms. The molecule has 1 aromatic heterocycles. The van der Waals surface area contributed by atoms with E-state index < -0.39 is 11.8 Å². The molecule has 0 amide bonds. The van der Waals surface area contributed by atoms with Gasteiger partial charge in [-0.25, -0.2) is 4.98 Å². The molecule has 0 aliphatic carbocycles. The number of nitrogens with one attached hydrogen (secondary N) is 1. The molecule has 0 saturated carbocycles. The molecule has 1 aliphatic heterocycles. The minimum Gasteiger partial charge on any atom is -0.305 e. The number of aldehydes is 1. The molecule has 0 spiro atoms. The number of aromatic nitrogens is 2. The smallest absolute Gasteiger partial charge is 0.261 e. The highest BCUT2D eigenvalue weighted by Crippen LogP contribution is 2.23. The number of Topliss-reactive ketones (excluding diaryl/α,β-unsaturated/α-hetero) is 1. The lowest BCUT2D eigenvalue weighted by molar-refractivity contribution is -0.131. The minimum absolute atomic E-state index is 0.0646. The normalized spacial score (nSPS) is 20.3. The van der Waals surface area contributed by atoms with Crippen molar-refractivity contribution in [2.24, 2.45) is 0 Å². The number of benzene rings is 2. The van der Waals surface area contributed by atoms with Crippen LogP contribution >= 0.6 is 0 Å². The van der Waals surface area contributed by atoms with E-state index in [1.807, 2.05) is 43.3 Å². The van der Waals surface area contributed by atoms with Crippen LogP contribution < -0.4 is 10.9 Å². The van der Waals surface area contributed by atoms with Crippen LogP contribution in [0.5, 0.6) is 0 Å². The number of carbonyl (C=O) groups is 2. The van der Waals surface area contributed by atoms with E-state index in [9.17, 15) is 14.4 Å². The van der Waals surface area contributed by atoms with Gasteiger partial charge in [0.1, 0.15) is 5.82 Å². The standard InChI is InChI=1S/C20H19N3O3/c1-12-22-18-9-14-5-3-2-4-13(14)8-16(18)20(26)23(12)15-6-7-17(21-10-15)19(25)11-24/h2-5,8-9,11,15,17,21H,6-7,10H2,1H3.